The summed E-state index contributed by atoms with van der Waals surface area (Å²) in [6.45, 7) is -1.22. The van der Waals surface area contributed by atoms with Crippen molar-refractivity contribution in [3.05, 3.63) is 61.1 Å². The molecule has 150 valence electrons. The fourth-order valence-corrected chi connectivity index (χ4v) is 2.56. The van der Waals surface area contributed by atoms with Crippen molar-refractivity contribution in [3.8, 4) is 11.8 Å². The van der Waals surface area contributed by atoms with Crippen molar-refractivity contribution in [2.75, 3.05) is 18.5 Å². The molecule has 0 aromatic heterocycles. The number of esters is 1. The molecular formula is C17H10Cl3N3O6. The van der Waals surface area contributed by atoms with Crippen molar-refractivity contribution in [2.45, 2.75) is 0 Å². The number of nitro groups is 1. The predicted octanol–water partition coefficient (Wildman–Crippen LogP) is 3.99. The molecule has 1 N–H and O–H groups in total. The third kappa shape index (κ3) is 6.22. The first-order valence-corrected chi connectivity index (χ1v) is 8.76. The van der Waals surface area contributed by atoms with Gasteiger partial charge in [0.25, 0.3) is 11.6 Å². The van der Waals surface area contributed by atoms with Gasteiger partial charge < -0.3 is 14.8 Å². The second-order valence-corrected chi connectivity index (χ2v) is 6.51. The van der Waals surface area contributed by atoms with E-state index >= 15 is 0 Å². The number of hydrogen-bond acceptors (Lipinski definition) is 7. The van der Waals surface area contributed by atoms with E-state index in [2.05, 4.69) is 5.32 Å². The van der Waals surface area contributed by atoms with Crippen molar-refractivity contribution < 1.29 is 24.0 Å². The minimum absolute atomic E-state index is 0.0398. The number of nitrogens with zero attached hydrogens (tertiary/aromatic N) is 2. The molecule has 2 aromatic carbocycles. The van der Waals surface area contributed by atoms with E-state index in [1.807, 2.05) is 0 Å². The van der Waals surface area contributed by atoms with Crippen molar-refractivity contribution >= 4 is 58.1 Å². The summed E-state index contributed by atoms with van der Waals surface area (Å²) in [5.74, 6) is -1.52. The zero-order valence-corrected chi connectivity index (χ0v) is 16.5. The van der Waals surface area contributed by atoms with Crippen LogP contribution < -0.4 is 10.1 Å². The number of ether oxygens (including phenoxy) is 2. The van der Waals surface area contributed by atoms with Gasteiger partial charge in [-0.25, -0.2) is 4.79 Å². The van der Waals surface area contributed by atoms with Crippen molar-refractivity contribution in [1.29, 1.82) is 5.26 Å². The molecule has 0 heterocycles. The van der Waals surface area contributed by atoms with Gasteiger partial charge >= 0.3 is 5.97 Å². The fraction of sp³-hybridized carbons (Fsp3) is 0.118. The van der Waals surface area contributed by atoms with Crippen LogP contribution in [-0.2, 0) is 14.3 Å². The molecular weight excluding hydrogens is 449 g/mol. The Morgan fingerprint density at radius 1 is 1.10 bits per heavy atom. The molecule has 0 saturated heterocycles. The summed E-state index contributed by atoms with van der Waals surface area (Å²) < 4.78 is 9.93. The molecule has 2 aromatic rings. The van der Waals surface area contributed by atoms with Crippen LogP contribution in [0.2, 0.25) is 15.1 Å². The Kier molecular flexibility index (Phi) is 7.61. The smallest absolute Gasteiger partial charge is 0.344 e. The molecule has 0 aliphatic rings. The Morgan fingerprint density at radius 3 is 2.45 bits per heavy atom. The third-order valence-electron chi connectivity index (χ3n) is 3.29. The largest absolute Gasteiger partial charge is 0.480 e. The van der Waals surface area contributed by atoms with Crippen LogP contribution in [0.15, 0.2) is 30.3 Å². The van der Waals surface area contributed by atoms with Gasteiger partial charge in [0.05, 0.1) is 31.2 Å². The summed E-state index contributed by atoms with van der Waals surface area (Å²) >= 11 is 17.5. The molecule has 0 atom stereocenters. The Labute approximate surface area is 178 Å². The SMILES string of the molecule is N#Cc1cc([N+](=O)[O-])ccc1NC(=O)COC(=O)COc1cc(Cl)c(Cl)cc1Cl. The normalized spacial score (nSPS) is 10.0. The van der Waals surface area contributed by atoms with E-state index in [1.165, 1.54) is 18.2 Å². The van der Waals surface area contributed by atoms with Gasteiger partial charge in [0, 0.05) is 18.2 Å². The summed E-state index contributed by atoms with van der Waals surface area (Å²) in [6, 6.07) is 7.73. The van der Waals surface area contributed by atoms with Crippen LogP contribution in [-0.4, -0.2) is 30.0 Å². The molecule has 1 amide bonds. The molecule has 12 heteroatoms. The topological polar surface area (TPSA) is 132 Å². The lowest BCUT2D eigenvalue weighted by atomic mass is 10.1. The molecule has 0 bridgehead atoms. The quantitative estimate of drug-likeness (QED) is 0.287. The summed E-state index contributed by atoms with van der Waals surface area (Å²) in [6.07, 6.45) is 0. The average Bonchev–Trinajstić information content (AvgIpc) is 2.68. The maximum atomic E-state index is 11.9. The van der Waals surface area contributed by atoms with Crippen LogP contribution in [0, 0.1) is 21.4 Å². The fourth-order valence-electron chi connectivity index (χ4n) is 1.97. The molecule has 9 nitrogen and oxygen atoms in total. The van der Waals surface area contributed by atoms with E-state index in [-0.39, 0.29) is 37.8 Å². The van der Waals surface area contributed by atoms with Gasteiger partial charge in [-0.1, -0.05) is 34.8 Å². The molecule has 0 unspecified atom stereocenters. The monoisotopic (exact) mass is 457 g/mol. The Bertz CT molecular complexity index is 1020. The molecule has 29 heavy (non-hydrogen) atoms. The predicted molar refractivity (Wildman–Crippen MR) is 104 cm³/mol. The van der Waals surface area contributed by atoms with E-state index in [0.29, 0.717) is 0 Å². The minimum atomic E-state index is -0.869. The number of nitrogens with one attached hydrogen (secondary N) is 1. The maximum Gasteiger partial charge on any atom is 0.344 e. The average molecular weight is 459 g/mol. The first-order chi connectivity index (χ1) is 13.7. The lowest BCUT2D eigenvalue weighted by Crippen LogP contribution is -2.24. The highest BCUT2D eigenvalue weighted by Gasteiger charge is 2.15. The number of hydrogen-bond donors (Lipinski definition) is 1. The highest BCUT2D eigenvalue weighted by molar-refractivity contribution is 6.43. The number of non-ortho nitro benzene ring substituents is 1. The highest BCUT2D eigenvalue weighted by atomic mass is 35.5. The minimum Gasteiger partial charge on any atom is -0.480 e. The number of nitro benzene ring substituents is 1. The number of amides is 1. The number of halogens is 3. The molecule has 0 spiro atoms. The van der Waals surface area contributed by atoms with Gasteiger partial charge in [-0.3, -0.25) is 14.9 Å². The van der Waals surface area contributed by atoms with E-state index in [9.17, 15) is 19.7 Å². The number of carbonyl (C=O) groups is 2. The van der Waals surface area contributed by atoms with Crippen LogP contribution in [0.5, 0.6) is 5.75 Å². The molecule has 0 aliphatic carbocycles. The lowest BCUT2D eigenvalue weighted by molar-refractivity contribution is -0.384. The Balaban J connectivity index is 1.88. The molecule has 0 radical (unpaired) electrons. The number of carbonyl (C=O) groups excluding carboxylic acids is 2. The molecule has 0 fully saturated rings. The van der Waals surface area contributed by atoms with Gasteiger partial charge in [0.1, 0.15) is 11.8 Å². The second-order valence-electron chi connectivity index (χ2n) is 5.29. The summed E-state index contributed by atoms with van der Waals surface area (Å²) in [5, 5.41) is 22.6. The van der Waals surface area contributed by atoms with Crippen LogP contribution >= 0.6 is 34.8 Å². The van der Waals surface area contributed by atoms with Crippen molar-refractivity contribution in [2.24, 2.45) is 0 Å². The standard InChI is InChI=1S/C17H10Cl3N3O6/c18-11-4-13(20)15(5-12(11)19)28-8-17(25)29-7-16(24)22-14-2-1-10(23(26)27)3-9(14)6-21/h1-5H,7-8H2,(H,22,24). The summed E-state index contributed by atoms with van der Waals surface area (Å²) in [5.41, 5.74) is -0.376. The first-order valence-electron chi connectivity index (χ1n) is 7.62. The highest BCUT2D eigenvalue weighted by Crippen LogP contribution is 2.33. The number of nitriles is 1. The van der Waals surface area contributed by atoms with Gasteiger partial charge in [-0.05, 0) is 12.1 Å². The van der Waals surface area contributed by atoms with Crippen LogP contribution in [0.1, 0.15) is 5.56 Å². The lowest BCUT2D eigenvalue weighted by Gasteiger charge is -2.10. The number of rotatable bonds is 7. The zero-order valence-electron chi connectivity index (χ0n) is 14.3. The van der Waals surface area contributed by atoms with Gasteiger partial charge in [-0.15, -0.1) is 0 Å². The maximum absolute atomic E-state index is 11.9. The van der Waals surface area contributed by atoms with Crippen LogP contribution in [0.3, 0.4) is 0 Å². The number of anilines is 1. The van der Waals surface area contributed by atoms with Crippen LogP contribution in [0.25, 0.3) is 0 Å². The van der Waals surface area contributed by atoms with Gasteiger partial charge in [0.2, 0.25) is 0 Å². The summed E-state index contributed by atoms with van der Waals surface area (Å²) in [4.78, 5) is 33.7. The van der Waals surface area contributed by atoms with Crippen molar-refractivity contribution in [3.63, 3.8) is 0 Å². The summed E-state index contributed by atoms with van der Waals surface area (Å²) in [7, 11) is 0. The zero-order chi connectivity index (χ0) is 21.6. The van der Waals surface area contributed by atoms with E-state index in [4.69, 9.17) is 49.5 Å². The van der Waals surface area contributed by atoms with Crippen LogP contribution in [0.4, 0.5) is 11.4 Å². The Morgan fingerprint density at radius 2 is 1.79 bits per heavy atom. The van der Waals surface area contributed by atoms with Gasteiger partial charge in [-0.2, -0.15) is 5.26 Å². The van der Waals surface area contributed by atoms with E-state index in [1.54, 1.807) is 6.07 Å². The van der Waals surface area contributed by atoms with E-state index in [0.717, 1.165) is 12.1 Å². The van der Waals surface area contributed by atoms with Gasteiger partial charge in [0.15, 0.2) is 13.2 Å². The van der Waals surface area contributed by atoms with E-state index < -0.39 is 30.0 Å². The molecule has 0 aliphatic heterocycles. The molecule has 2 rings (SSSR count). The first kappa shape index (κ1) is 22.2. The second kappa shape index (κ2) is 9.93. The Hall–Kier alpha value is -3.06. The number of benzene rings is 2. The molecule has 0 saturated carbocycles. The third-order valence-corrected chi connectivity index (χ3v) is 4.31. The van der Waals surface area contributed by atoms with Crippen molar-refractivity contribution in [1.82, 2.24) is 0 Å².